The van der Waals surface area contributed by atoms with Gasteiger partial charge in [-0.2, -0.15) is 0 Å². The number of hydrogen-bond acceptors (Lipinski definition) is 1. The van der Waals surface area contributed by atoms with Crippen molar-refractivity contribution in [2.24, 2.45) is 0 Å². The normalized spacial score (nSPS) is 10.1. The second kappa shape index (κ2) is 2.83. The summed E-state index contributed by atoms with van der Waals surface area (Å²) in [5.74, 6) is 0.383. The van der Waals surface area contributed by atoms with Crippen molar-refractivity contribution in [3.63, 3.8) is 0 Å². The first-order valence-corrected chi connectivity index (χ1v) is 3.69. The molecule has 0 saturated heterocycles. The zero-order valence-corrected chi connectivity index (χ0v) is 6.36. The van der Waals surface area contributed by atoms with Gasteiger partial charge in [0, 0.05) is 10.6 Å². The van der Waals surface area contributed by atoms with Crippen molar-refractivity contribution in [2.75, 3.05) is 0 Å². The van der Waals surface area contributed by atoms with E-state index in [4.69, 9.17) is 0 Å². The zero-order chi connectivity index (χ0) is 8.39. The van der Waals surface area contributed by atoms with Crippen molar-refractivity contribution in [2.45, 2.75) is 0 Å². The predicted octanol–water partition coefficient (Wildman–Crippen LogP) is 2.56. The summed E-state index contributed by atoms with van der Waals surface area (Å²) < 4.78 is 0. The van der Waals surface area contributed by atoms with E-state index in [1.165, 1.54) is 0 Å². The SMILES string of the molecule is [O]Oc1cccc2ccccc12. The maximum atomic E-state index is 10.2. The summed E-state index contributed by atoms with van der Waals surface area (Å²) in [5, 5.41) is 12.1. The Morgan fingerprint density at radius 1 is 0.917 bits per heavy atom. The Morgan fingerprint density at radius 2 is 1.67 bits per heavy atom. The summed E-state index contributed by atoms with van der Waals surface area (Å²) >= 11 is 0. The highest BCUT2D eigenvalue weighted by Gasteiger charge is 1.99. The van der Waals surface area contributed by atoms with Gasteiger partial charge >= 0.3 is 0 Å². The highest BCUT2D eigenvalue weighted by molar-refractivity contribution is 5.88. The van der Waals surface area contributed by atoms with Gasteiger partial charge in [-0.3, -0.25) is 0 Å². The third-order valence-electron chi connectivity index (χ3n) is 1.84. The minimum atomic E-state index is 0.383. The van der Waals surface area contributed by atoms with E-state index in [9.17, 15) is 5.26 Å². The molecule has 2 rings (SSSR count). The molecule has 0 bridgehead atoms. The standard InChI is InChI=1S/C10H7O2/c11-12-10-7-3-5-8-4-1-2-6-9(8)10/h1-7H. The lowest BCUT2D eigenvalue weighted by Crippen LogP contribution is -1.82. The van der Waals surface area contributed by atoms with Crippen molar-refractivity contribution in [1.82, 2.24) is 0 Å². The van der Waals surface area contributed by atoms with E-state index in [2.05, 4.69) is 4.89 Å². The number of rotatable bonds is 1. The molecule has 0 saturated carbocycles. The van der Waals surface area contributed by atoms with Crippen LogP contribution in [-0.4, -0.2) is 0 Å². The number of benzene rings is 2. The smallest absolute Gasteiger partial charge is 0.176 e. The van der Waals surface area contributed by atoms with Gasteiger partial charge in [0.05, 0.1) is 0 Å². The monoisotopic (exact) mass is 159 g/mol. The Labute approximate surface area is 70.0 Å². The van der Waals surface area contributed by atoms with Crippen LogP contribution in [0.1, 0.15) is 0 Å². The number of hydrogen-bond donors (Lipinski definition) is 0. The Kier molecular flexibility index (Phi) is 1.68. The summed E-state index contributed by atoms with van der Waals surface area (Å²) in [6.45, 7) is 0. The van der Waals surface area contributed by atoms with E-state index < -0.39 is 0 Å². The summed E-state index contributed by atoms with van der Waals surface area (Å²) in [4.78, 5) is 3.98. The molecule has 0 aliphatic carbocycles. The van der Waals surface area contributed by atoms with Crippen LogP contribution >= 0.6 is 0 Å². The Hall–Kier alpha value is -1.54. The molecule has 0 N–H and O–H groups in total. The fourth-order valence-electron chi connectivity index (χ4n) is 1.27. The first kappa shape index (κ1) is 7.13. The second-order valence-corrected chi connectivity index (χ2v) is 2.56. The summed E-state index contributed by atoms with van der Waals surface area (Å²) in [5.41, 5.74) is 0. The third-order valence-corrected chi connectivity index (χ3v) is 1.84. The zero-order valence-electron chi connectivity index (χ0n) is 6.36. The van der Waals surface area contributed by atoms with Crippen LogP contribution in [0.15, 0.2) is 42.5 Å². The molecule has 1 radical (unpaired) electrons. The molecule has 0 unspecified atom stereocenters. The van der Waals surface area contributed by atoms with Crippen LogP contribution in [-0.2, 0) is 5.26 Å². The van der Waals surface area contributed by atoms with Crippen molar-refractivity contribution in [1.29, 1.82) is 0 Å². The molecule has 0 aromatic heterocycles. The fourth-order valence-corrected chi connectivity index (χ4v) is 1.27. The average Bonchev–Trinajstić information content (AvgIpc) is 2.17. The molecule has 0 aliphatic rings. The molecule has 2 heteroatoms. The van der Waals surface area contributed by atoms with E-state index in [1.54, 1.807) is 12.1 Å². The lowest BCUT2D eigenvalue weighted by Gasteiger charge is -1.99. The van der Waals surface area contributed by atoms with Crippen LogP contribution in [0.4, 0.5) is 0 Å². The topological polar surface area (TPSA) is 29.1 Å². The van der Waals surface area contributed by atoms with Crippen LogP contribution in [0.25, 0.3) is 10.8 Å². The molecule has 0 aliphatic heterocycles. The van der Waals surface area contributed by atoms with Crippen LogP contribution in [0.2, 0.25) is 0 Å². The van der Waals surface area contributed by atoms with Gasteiger partial charge in [0.25, 0.3) is 0 Å². The summed E-state index contributed by atoms with van der Waals surface area (Å²) in [6.07, 6.45) is 0. The first-order valence-electron chi connectivity index (χ1n) is 3.69. The molecule has 0 amide bonds. The Balaban J connectivity index is 2.79. The highest BCUT2D eigenvalue weighted by Crippen LogP contribution is 2.24. The van der Waals surface area contributed by atoms with Gasteiger partial charge in [-0.15, -0.1) is 0 Å². The van der Waals surface area contributed by atoms with Crippen molar-refractivity contribution in [3.8, 4) is 5.75 Å². The molecule has 0 fully saturated rings. The van der Waals surface area contributed by atoms with Gasteiger partial charge in [0.2, 0.25) is 0 Å². The average molecular weight is 159 g/mol. The van der Waals surface area contributed by atoms with Gasteiger partial charge in [0.1, 0.15) is 0 Å². The Bertz CT molecular complexity index is 390. The molecular weight excluding hydrogens is 152 g/mol. The molecule has 0 heterocycles. The second-order valence-electron chi connectivity index (χ2n) is 2.56. The van der Waals surface area contributed by atoms with Crippen LogP contribution < -0.4 is 4.89 Å². The van der Waals surface area contributed by atoms with E-state index in [1.807, 2.05) is 30.3 Å². The Morgan fingerprint density at radius 3 is 2.50 bits per heavy atom. The quantitative estimate of drug-likeness (QED) is 0.464. The molecule has 59 valence electrons. The van der Waals surface area contributed by atoms with Crippen LogP contribution in [0.5, 0.6) is 5.75 Å². The van der Waals surface area contributed by atoms with Gasteiger partial charge in [-0.05, 0) is 11.5 Å². The minimum absolute atomic E-state index is 0.383. The van der Waals surface area contributed by atoms with Crippen LogP contribution in [0.3, 0.4) is 0 Å². The number of fused-ring (bicyclic) bond motifs is 1. The van der Waals surface area contributed by atoms with Crippen molar-refractivity contribution >= 4 is 10.8 Å². The summed E-state index contributed by atoms with van der Waals surface area (Å²) in [6, 6.07) is 13.0. The van der Waals surface area contributed by atoms with Crippen molar-refractivity contribution < 1.29 is 10.1 Å². The maximum absolute atomic E-state index is 10.2. The van der Waals surface area contributed by atoms with E-state index in [0.717, 1.165) is 10.8 Å². The highest BCUT2D eigenvalue weighted by atomic mass is 17.1. The van der Waals surface area contributed by atoms with Gasteiger partial charge in [-0.25, -0.2) is 0 Å². The van der Waals surface area contributed by atoms with Gasteiger partial charge < -0.3 is 4.89 Å². The van der Waals surface area contributed by atoms with Gasteiger partial charge in [0.15, 0.2) is 5.75 Å². The molecule has 0 atom stereocenters. The van der Waals surface area contributed by atoms with E-state index in [0.29, 0.717) is 5.75 Å². The van der Waals surface area contributed by atoms with Gasteiger partial charge in [-0.1, -0.05) is 36.4 Å². The van der Waals surface area contributed by atoms with E-state index >= 15 is 0 Å². The lowest BCUT2D eigenvalue weighted by molar-refractivity contribution is -0.207. The van der Waals surface area contributed by atoms with E-state index in [-0.39, 0.29) is 0 Å². The molecule has 0 spiro atoms. The lowest BCUT2D eigenvalue weighted by atomic mass is 10.1. The molecule has 2 nitrogen and oxygen atoms in total. The predicted molar refractivity (Wildman–Crippen MR) is 45.3 cm³/mol. The maximum Gasteiger partial charge on any atom is 0.176 e. The van der Waals surface area contributed by atoms with Crippen LogP contribution in [0, 0.1) is 0 Å². The third kappa shape index (κ3) is 1.02. The largest absolute Gasteiger partial charge is 0.305 e. The molecule has 2 aromatic rings. The fraction of sp³-hybridized carbons (Fsp3) is 0. The first-order chi connectivity index (χ1) is 5.92. The summed E-state index contributed by atoms with van der Waals surface area (Å²) in [7, 11) is 0. The van der Waals surface area contributed by atoms with Crippen molar-refractivity contribution in [3.05, 3.63) is 42.5 Å². The molecule has 12 heavy (non-hydrogen) atoms. The molecular formula is C10H7O2. The molecule has 2 aromatic carbocycles. The minimum Gasteiger partial charge on any atom is -0.305 e.